The highest BCUT2D eigenvalue weighted by molar-refractivity contribution is 8.93. The summed E-state index contributed by atoms with van der Waals surface area (Å²) in [5, 5.41) is 8.73. The number of hydrogen-bond donors (Lipinski definition) is 2. The number of fused-ring (bicyclic) bond motifs is 1. The molecule has 1 aliphatic heterocycles. The monoisotopic (exact) mass is 273 g/mol. The van der Waals surface area contributed by atoms with Gasteiger partial charge in [-0.25, -0.2) is 0 Å². The van der Waals surface area contributed by atoms with Gasteiger partial charge in [0.15, 0.2) is 0 Å². The van der Waals surface area contributed by atoms with E-state index in [2.05, 4.69) is 0 Å². The van der Waals surface area contributed by atoms with E-state index in [4.69, 9.17) is 15.6 Å². The highest BCUT2D eigenvalue weighted by Crippen LogP contribution is 2.27. The fraction of sp³-hybridized carbons (Fsp3) is 0.300. The first-order valence-corrected chi connectivity index (χ1v) is 4.42. The average molecular weight is 274 g/mol. The van der Waals surface area contributed by atoms with Crippen molar-refractivity contribution in [2.75, 3.05) is 6.61 Å². The molecule has 0 fully saturated rings. The molecule has 3 N–H and O–H groups in total. The molecule has 82 valence electrons. The maximum atomic E-state index is 10.6. The molecule has 4 nitrogen and oxygen atoms in total. The summed E-state index contributed by atoms with van der Waals surface area (Å²) >= 11 is 0. The van der Waals surface area contributed by atoms with Crippen molar-refractivity contribution in [3.63, 3.8) is 0 Å². The first kappa shape index (κ1) is 12.0. The molecule has 1 aromatic carbocycles. The van der Waals surface area contributed by atoms with Gasteiger partial charge in [0, 0.05) is 6.42 Å². The Morgan fingerprint density at radius 1 is 1.53 bits per heavy atom. The number of ether oxygens (including phenoxy) is 1. The van der Waals surface area contributed by atoms with Crippen LogP contribution in [0.2, 0.25) is 0 Å². The molecule has 1 aliphatic rings. The Labute approximate surface area is 97.8 Å². The molecule has 0 amide bonds. The summed E-state index contributed by atoms with van der Waals surface area (Å²) in [7, 11) is 0. The van der Waals surface area contributed by atoms with Gasteiger partial charge in [-0.3, -0.25) is 4.79 Å². The van der Waals surface area contributed by atoms with Crippen molar-refractivity contribution in [2.45, 2.75) is 12.5 Å². The molecule has 0 aliphatic carbocycles. The van der Waals surface area contributed by atoms with Crippen molar-refractivity contribution in [1.29, 1.82) is 0 Å². The molecule has 0 saturated heterocycles. The van der Waals surface area contributed by atoms with Crippen LogP contribution in [-0.4, -0.2) is 17.7 Å². The van der Waals surface area contributed by atoms with E-state index in [-0.39, 0.29) is 17.0 Å². The van der Waals surface area contributed by atoms with Gasteiger partial charge in [0.05, 0.1) is 6.61 Å². The second kappa shape index (κ2) is 4.63. The van der Waals surface area contributed by atoms with Crippen LogP contribution in [0, 0.1) is 0 Å². The minimum atomic E-state index is -1.01. The van der Waals surface area contributed by atoms with Gasteiger partial charge in [-0.1, -0.05) is 6.07 Å². The van der Waals surface area contributed by atoms with Crippen LogP contribution in [0.1, 0.15) is 17.2 Å². The van der Waals surface area contributed by atoms with E-state index in [0.717, 1.165) is 17.7 Å². The van der Waals surface area contributed by atoms with Crippen molar-refractivity contribution < 1.29 is 14.6 Å². The zero-order chi connectivity index (χ0) is 10.1. The summed E-state index contributed by atoms with van der Waals surface area (Å²) in [5.41, 5.74) is 7.16. The molecular weight excluding hydrogens is 262 g/mol. The molecule has 1 heterocycles. The second-order valence-electron chi connectivity index (χ2n) is 3.28. The van der Waals surface area contributed by atoms with Gasteiger partial charge in [0.1, 0.15) is 11.8 Å². The lowest BCUT2D eigenvalue weighted by atomic mass is 10.0. The number of hydrogen-bond acceptors (Lipinski definition) is 3. The van der Waals surface area contributed by atoms with Crippen molar-refractivity contribution in [3.05, 3.63) is 29.3 Å². The number of nitrogens with two attached hydrogens (primary N) is 1. The van der Waals surface area contributed by atoms with Crippen molar-refractivity contribution in [2.24, 2.45) is 5.73 Å². The molecule has 1 atom stereocenters. The predicted octanol–water partition coefficient (Wildman–Crippen LogP) is 1.28. The van der Waals surface area contributed by atoms with E-state index in [1.807, 2.05) is 0 Å². The quantitative estimate of drug-likeness (QED) is 0.852. The van der Waals surface area contributed by atoms with Crippen molar-refractivity contribution in [3.8, 4) is 5.75 Å². The van der Waals surface area contributed by atoms with Gasteiger partial charge >= 0.3 is 5.97 Å². The molecule has 0 saturated carbocycles. The average Bonchev–Trinajstić information content (AvgIpc) is 2.62. The Bertz CT molecular complexity index is 381. The third-order valence-electron chi connectivity index (χ3n) is 2.34. The van der Waals surface area contributed by atoms with E-state index in [9.17, 15) is 4.79 Å². The summed E-state index contributed by atoms with van der Waals surface area (Å²) in [5.74, 6) is -0.171. The standard InChI is InChI=1S/C10H11NO3.BrH/c11-9(10(12)13)7-1-2-8-6(5-7)3-4-14-8;/h1-2,5,9H,3-4,11H2,(H,12,13);1H. The van der Waals surface area contributed by atoms with Crippen LogP contribution in [0.5, 0.6) is 5.75 Å². The fourth-order valence-corrected chi connectivity index (χ4v) is 1.54. The van der Waals surface area contributed by atoms with Crippen LogP contribution in [0.15, 0.2) is 18.2 Å². The van der Waals surface area contributed by atoms with Gasteiger partial charge in [-0.05, 0) is 23.3 Å². The zero-order valence-corrected chi connectivity index (χ0v) is 9.69. The summed E-state index contributed by atoms with van der Waals surface area (Å²) in [6.07, 6.45) is 0.829. The number of carboxylic acid groups (broad SMARTS) is 1. The molecule has 0 radical (unpaired) electrons. The minimum absolute atomic E-state index is 0. The van der Waals surface area contributed by atoms with Crippen LogP contribution in [0.25, 0.3) is 0 Å². The normalized spacial score (nSPS) is 14.7. The lowest BCUT2D eigenvalue weighted by molar-refractivity contribution is -0.138. The maximum Gasteiger partial charge on any atom is 0.325 e. The molecule has 15 heavy (non-hydrogen) atoms. The van der Waals surface area contributed by atoms with Crippen molar-refractivity contribution >= 4 is 23.0 Å². The van der Waals surface area contributed by atoms with Gasteiger partial charge in [0.2, 0.25) is 0 Å². The molecular formula is C10H12BrNO3. The maximum absolute atomic E-state index is 10.6. The third kappa shape index (κ3) is 2.30. The molecule has 0 spiro atoms. The van der Waals surface area contributed by atoms with Crippen LogP contribution >= 0.6 is 17.0 Å². The van der Waals surface area contributed by atoms with Crippen LogP contribution < -0.4 is 10.5 Å². The molecule has 0 aromatic heterocycles. The topological polar surface area (TPSA) is 72.6 Å². The first-order valence-electron chi connectivity index (χ1n) is 4.42. The van der Waals surface area contributed by atoms with Gasteiger partial charge < -0.3 is 15.6 Å². The Morgan fingerprint density at radius 2 is 2.27 bits per heavy atom. The summed E-state index contributed by atoms with van der Waals surface area (Å²) in [6, 6.07) is 4.34. The minimum Gasteiger partial charge on any atom is -0.493 e. The SMILES string of the molecule is Br.NC(C(=O)O)c1ccc2c(c1)CCO2. The molecule has 2 rings (SSSR count). The van der Waals surface area contributed by atoms with Crippen LogP contribution in [0.3, 0.4) is 0 Å². The summed E-state index contributed by atoms with van der Waals surface area (Å²) in [6.45, 7) is 0.668. The summed E-state index contributed by atoms with van der Waals surface area (Å²) in [4.78, 5) is 10.6. The van der Waals surface area contributed by atoms with Crippen LogP contribution in [0.4, 0.5) is 0 Å². The van der Waals surface area contributed by atoms with Gasteiger partial charge in [0.25, 0.3) is 0 Å². The zero-order valence-electron chi connectivity index (χ0n) is 7.97. The third-order valence-corrected chi connectivity index (χ3v) is 2.34. The number of halogens is 1. The lowest BCUT2D eigenvalue weighted by Gasteiger charge is -2.07. The highest BCUT2D eigenvalue weighted by atomic mass is 79.9. The van der Waals surface area contributed by atoms with E-state index in [1.165, 1.54) is 0 Å². The largest absolute Gasteiger partial charge is 0.493 e. The Morgan fingerprint density at radius 3 is 2.93 bits per heavy atom. The Hall–Kier alpha value is -1.07. The summed E-state index contributed by atoms with van der Waals surface area (Å²) < 4.78 is 5.31. The lowest BCUT2D eigenvalue weighted by Crippen LogP contribution is -2.20. The highest BCUT2D eigenvalue weighted by Gasteiger charge is 2.18. The van der Waals surface area contributed by atoms with Gasteiger partial charge in [-0.15, -0.1) is 17.0 Å². The fourth-order valence-electron chi connectivity index (χ4n) is 1.54. The Balaban J connectivity index is 0.00000112. The number of carbonyl (C=O) groups is 1. The molecule has 0 bridgehead atoms. The molecule has 1 unspecified atom stereocenters. The number of rotatable bonds is 2. The van der Waals surface area contributed by atoms with Crippen LogP contribution in [-0.2, 0) is 11.2 Å². The predicted molar refractivity (Wildman–Crippen MR) is 60.5 cm³/mol. The first-order chi connectivity index (χ1) is 6.68. The number of aliphatic carboxylic acids is 1. The van der Waals surface area contributed by atoms with E-state index in [1.54, 1.807) is 18.2 Å². The van der Waals surface area contributed by atoms with Crippen molar-refractivity contribution in [1.82, 2.24) is 0 Å². The van der Waals surface area contributed by atoms with E-state index in [0.29, 0.717) is 12.2 Å². The van der Waals surface area contributed by atoms with E-state index < -0.39 is 12.0 Å². The smallest absolute Gasteiger partial charge is 0.325 e. The Kier molecular flexibility index (Phi) is 3.71. The van der Waals surface area contributed by atoms with Gasteiger partial charge in [-0.2, -0.15) is 0 Å². The number of carboxylic acids is 1. The number of benzene rings is 1. The van der Waals surface area contributed by atoms with E-state index >= 15 is 0 Å². The molecule has 1 aromatic rings. The second-order valence-corrected chi connectivity index (χ2v) is 3.28. The molecule has 5 heteroatoms.